The molecule has 0 aliphatic heterocycles. The zero-order chi connectivity index (χ0) is 49.7. The van der Waals surface area contributed by atoms with Crippen LogP contribution in [0.2, 0.25) is 0 Å². The second kappa shape index (κ2) is 44.3. The Morgan fingerprint density at radius 3 is 1.40 bits per heavy atom. The monoisotopic (exact) mass is 970 g/mol. The molecular formula is C50H91N5O13. The van der Waals surface area contributed by atoms with Crippen LogP contribution in [-0.2, 0) is 52.5 Å². The molecule has 394 valence electrons. The molecule has 0 radical (unpaired) electrons. The van der Waals surface area contributed by atoms with Gasteiger partial charge in [-0.2, -0.15) is 0 Å². The Labute approximate surface area is 407 Å². The molecule has 1 aliphatic rings. The molecule has 18 heteroatoms. The predicted octanol–water partition coefficient (Wildman–Crippen LogP) is 5.97. The molecule has 18 nitrogen and oxygen atoms in total. The number of carbonyl (C=O) groups is 7. The molecule has 1 unspecified atom stereocenters. The lowest BCUT2D eigenvalue weighted by molar-refractivity contribution is -0.143. The van der Waals surface area contributed by atoms with Gasteiger partial charge in [0.2, 0.25) is 29.5 Å². The third-order valence-corrected chi connectivity index (χ3v) is 12.1. The maximum atomic E-state index is 13.0. The Kier molecular flexibility index (Phi) is 40.5. The standard InChI is InChI=1S/C50H91N5O13/c1-2-3-20-29-51-46(58)39-67-36-35-66-33-31-53-47(59)40-68-37-34-65-32-30-52-45(57)28-27-43(50(63)64)55-49(62)42-25-23-41(24-26-42)38-54-44(56)21-18-16-14-12-10-8-6-4-5-7-9-11-13-15-17-19-22-48(60)61/h41-43H,2-40H2,1H3,(H,51,58)(H,52,57)(H,53,59)(H,54,56)(H,55,62)(H,60,61)(H,63,64). The molecule has 1 saturated carbocycles. The number of carboxylic acids is 2. The molecule has 0 aromatic heterocycles. The van der Waals surface area contributed by atoms with Crippen LogP contribution in [0.5, 0.6) is 0 Å². The van der Waals surface area contributed by atoms with Gasteiger partial charge in [0, 0.05) is 51.4 Å². The second-order valence-corrected chi connectivity index (χ2v) is 18.1. The van der Waals surface area contributed by atoms with Gasteiger partial charge < -0.3 is 55.7 Å². The first-order valence-corrected chi connectivity index (χ1v) is 26.1. The molecule has 1 aliphatic carbocycles. The molecule has 1 fully saturated rings. The number of unbranched alkanes of at least 4 members (excludes halogenated alkanes) is 17. The Hall–Kier alpha value is -3.87. The summed E-state index contributed by atoms with van der Waals surface area (Å²) in [5.74, 6) is -2.96. The SMILES string of the molecule is CCCCCNC(=O)COCCOCCNC(=O)COCCOCCNC(=O)CCC(NC(=O)C1CCC(CNC(=O)CCCCCCCCCCCCCCCCCCC(=O)O)CC1)C(=O)O. The van der Waals surface area contributed by atoms with Crippen molar-refractivity contribution in [2.24, 2.45) is 11.8 Å². The van der Waals surface area contributed by atoms with Gasteiger partial charge in [-0.3, -0.25) is 28.8 Å². The van der Waals surface area contributed by atoms with Crippen molar-refractivity contribution in [1.29, 1.82) is 0 Å². The number of amides is 5. The maximum Gasteiger partial charge on any atom is 0.326 e. The van der Waals surface area contributed by atoms with E-state index in [9.17, 15) is 38.7 Å². The van der Waals surface area contributed by atoms with Crippen molar-refractivity contribution in [2.75, 3.05) is 79.0 Å². The van der Waals surface area contributed by atoms with Crippen LogP contribution in [0, 0.1) is 11.8 Å². The van der Waals surface area contributed by atoms with Crippen molar-refractivity contribution in [3.63, 3.8) is 0 Å². The smallest absolute Gasteiger partial charge is 0.326 e. The van der Waals surface area contributed by atoms with Crippen LogP contribution >= 0.6 is 0 Å². The van der Waals surface area contributed by atoms with E-state index in [-0.39, 0.29) is 107 Å². The lowest BCUT2D eigenvalue weighted by Gasteiger charge is -2.28. The van der Waals surface area contributed by atoms with Crippen molar-refractivity contribution in [3.05, 3.63) is 0 Å². The number of ether oxygens (including phenoxy) is 4. The Morgan fingerprint density at radius 2 is 0.912 bits per heavy atom. The summed E-state index contributed by atoms with van der Waals surface area (Å²) in [5.41, 5.74) is 0. The average Bonchev–Trinajstić information content (AvgIpc) is 3.32. The molecule has 0 saturated heterocycles. The van der Waals surface area contributed by atoms with E-state index < -0.39 is 18.0 Å². The lowest BCUT2D eigenvalue weighted by Crippen LogP contribution is -2.45. The fraction of sp³-hybridized carbons (Fsp3) is 0.860. The van der Waals surface area contributed by atoms with Gasteiger partial charge in [-0.1, -0.05) is 110 Å². The van der Waals surface area contributed by atoms with Crippen LogP contribution in [0.4, 0.5) is 0 Å². The lowest BCUT2D eigenvalue weighted by atomic mass is 9.81. The van der Waals surface area contributed by atoms with Crippen LogP contribution in [0.15, 0.2) is 0 Å². The van der Waals surface area contributed by atoms with Gasteiger partial charge in [-0.15, -0.1) is 0 Å². The molecule has 0 aromatic rings. The van der Waals surface area contributed by atoms with E-state index >= 15 is 0 Å². The third kappa shape index (κ3) is 39.0. The zero-order valence-electron chi connectivity index (χ0n) is 41.7. The molecule has 1 rings (SSSR count). The predicted molar refractivity (Wildman–Crippen MR) is 260 cm³/mol. The molecule has 5 amide bonds. The van der Waals surface area contributed by atoms with Gasteiger partial charge in [0.1, 0.15) is 19.3 Å². The summed E-state index contributed by atoms with van der Waals surface area (Å²) < 4.78 is 21.4. The largest absolute Gasteiger partial charge is 0.481 e. The summed E-state index contributed by atoms with van der Waals surface area (Å²) in [6.45, 7) is 5.13. The minimum Gasteiger partial charge on any atom is -0.481 e. The average molecular weight is 970 g/mol. The maximum absolute atomic E-state index is 13.0. The number of carbonyl (C=O) groups excluding carboxylic acids is 5. The first kappa shape index (κ1) is 62.1. The van der Waals surface area contributed by atoms with Crippen molar-refractivity contribution in [3.8, 4) is 0 Å². The summed E-state index contributed by atoms with van der Waals surface area (Å²) in [6.07, 6.45) is 25.4. The highest BCUT2D eigenvalue weighted by Gasteiger charge is 2.30. The Balaban J connectivity index is 1.98. The van der Waals surface area contributed by atoms with Crippen molar-refractivity contribution in [2.45, 2.75) is 186 Å². The van der Waals surface area contributed by atoms with E-state index in [4.69, 9.17) is 24.1 Å². The number of nitrogens with one attached hydrogen (secondary N) is 5. The molecule has 0 bridgehead atoms. The number of rotatable bonds is 47. The van der Waals surface area contributed by atoms with E-state index in [0.29, 0.717) is 51.9 Å². The molecule has 0 spiro atoms. The highest BCUT2D eigenvalue weighted by Crippen LogP contribution is 2.29. The highest BCUT2D eigenvalue weighted by atomic mass is 16.5. The van der Waals surface area contributed by atoms with Gasteiger partial charge in [0.15, 0.2) is 0 Å². The van der Waals surface area contributed by atoms with E-state index in [1.54, 1.807) is 0 Å². The zero-order valence-corrected chi connectivity index (χ0v) is 41.7. The second-order valence-electron chi connectivity index (χ2n) is 18.1. The summed E-state index contributed by atoms with van der Waals surface area (Å²) in [5, 5.41) is 32.2. The minimum absolute atomic E-state index is 0.0118. The van der Waals surface area contributed by atoms with Crippen molar-refractivity contribution < 1.29 is 62.7 Å². The third-order valence-electron chi connectivity index (χ3n) is 12.1. The van der Waals surface area contributed by atoms with Gasteiger partial charge in [-0.05, 0) is 57.3 Å². The van der Waals surface area contributed by atoms with E-state index in [1.807, 2.05) is 0 Å². The normalized spacial score (nSPS) is 15.0. The van der Waals surface area contributed by atoms with Crippen LogP contribution in [0.3, 0.4) is 0 Å². The van der Waals surface area contributed by atoms with Crippen LogP contribution in [0.1, 0.15) is 180 Å². The van der Waals surface area contributed by atoms with E-state index in [0.717, 1.165) is 70.6 Å². The van der Waals surface area contributed by atoms with E-state index in [2.05, 4.69) is 33.5 Å². The van der Waals surface area contributed by atoms with Crippen molar-refractivity contribution >= 4 is 41.5 Å². The summed E-state index contributed by atoms with van der Waals surface area (Å²) in [6, 6.07) is -1.18. The number of hydrogen-bond donors (Lipinski definition) is 7. The minimum atomic E-state index is -1.20. The van der Waals surface area contributed by atoms with Gasteiger partial charge >= 0.3 is 11.9 Å². The Bertz CT molecular complexity index is 1350. The summed E-state index contributed by atoms with van der Waals surface area (Å²) in [4.78, 5) is 83.7. The topological polar surface area (TPSA) is 257 Å². The van der Waals surface area contributed by atoms with Crippen molar-refractivity contribution in [1.82, 2.24) is 26.6 Å². The highest BCUT2D eigenvalue weighted by molar-refractivity contribution is 5.85. The first-order chi connectivity index (χ1) is 33.0. The van der Waals surface area contributed by atoms with Crippen LogP contribution < -0.4 is 26.6 Å². The molecule has 68 heavy (non-hydrogen) atoms. The number of hydrogen-bond acceptors (Lipinski definition) is 11. The van der Waals surface area contributed by atoms with Gasteiger partial charge in [-0.25, -0.2) is 4.79 Å². The molecule has 1 atom stereocenters. The summed E-state index contributed by atoms with van der Waals surface area (Å²) >= 11 is 0. The molecular weight excluding hydrogens is 879 g/mol. The summed E-state index contributed by atoms with van der Waals surface area (Å²) in [7, 11) is 0. The molecule has 0 heterocycles. The Morgan fingerprint density at radius 1 is 0.471 bits per heavy atom. The van der Waals surface area contributed by atoms with Gasteiger partial charge in [0.25, 0.3) is 0 Å². The fourth-order valence-electron chi connectivity index (χ4n) is 7.92. The quantitative estimate of drug-likeness (QED) is 0.0348. The molecule has 7 N–H and O–H groups in total. The van der Waals surface area contributed by atoms with Gasteiger partial charge in [0.05, 0.1) is 39.6 Å². The fourth-order valence-corrected chi connectivity index (χ4v) is 7.92. The molecule has 0 aromatic carbocycles. The van der Waals surface area contributed by atoms with Crippen LogP contribution in [-0.4, -0.2) is 137 Å². The number of aliphatic carboxylic acids is 2. The van der Waals surface area contributed by atoms with E-state index in [1.165, 1.54) is 64.2 Å². The number of carboxylic acid groups (broad SMARTS) is 2. The first-order valence-electron chi connectivity index (χ1n) is 26.1. The van der Waals surface area contributed by atoms with Crippen LogP contribution in [0.25, 0.3) is 0 Å².